The first-order valence-corrected chi connectivity index (χ1v) is 6.94. The van der Waals surface area contributed by atoms with Gasteiger partial charge in [0.1, 0.15) is 0 Å². The molecule has 1 atom stereocenters. The van der Waals surface area contributed by atoms with Gasteiger partial charge in [-0.2, -0.15) is 0 Å². The summed E-state index contributed by atoms with van der Waals surface area (Å²) >= 11 is 5.93. The Hall–Kier alpha value is -1.26. The maximum absolute atomic E-state index is 12.4. The summed E-state index contributed by atoms with van der Waals surface area (Å²) in [4.78, 5) is 14.2. The molecule has 0 saturated carbocycles. The first-order chi connectivity index (χ1) is 9.10. The van der Waals surface area contributed by atoms with Crippen LogP contribution in [-0.2, 0) is 0 Å². The minimum absolute atomic E-state index is 0.0307. The molecule has 1 heterocycles. The zero-order valence-corrected chi connectivity index (χ0v) is 11.6. The molecule has 1 fully saturated rings. The Kier molecular flexibility index (Phi) is 4.66. The molecule has 1 amide bonds. The summed E-state index contributed by atoms with van der Waals surface area (Å²) in [5, 5.41) is 9.47. The number of carbonyl (C=O) groups is 1. The molecule has 0 bridgehead atoms. The molecule has 1 aliphatic heterocycles. The van der Waals surface area contributed by atoms with Crippen molar-refractivity contribution in [3.8, 4) is 0 Å². The Morgan fingerprint density at radius 1 is 1.47 bits per heavy atom. The highest BCUT2D eigenvalue weighted by atomic mass is 35.5. The quantitative estimate of drug-likeness (QED) is 0.835. The average Bonchev–Trinajstić information content (AvgIpc) is 2.37. The molecule has 1 saturated heterocycles. The van der Waals surface area contributed by atoms with E-state index in [1.165, 1.54) is 0 Å². The van der Waals surface area contributed by atoms with Crippen molar-refractivity contribution < 1.29 is 9.90 Å². The van der Waals surface area contributed by atoms with Crippen LogP contribution in [0.15, 0.2) is 18.2 Å². The van der Waals surface area contributed by atoms with Gasteiger partial charge in [0.15, 0.2) is 0 Å². The van der Waals surface area contributed by atoms with Crippen molar-refractivity contribution in [2.45, 2.75) is 19.3 Å². The van der Waals surface area contributed by atoms with Crippen molar-refractivity contribution in [3.63, 3.8) is 0 Å². The number of anilines is 1. The summed E-state index contributed by atoms with van der Waals surface area (Å²) in [7, 11) is 0. The zero-order chi connectivity index (χ0) is 13.8. The number of hydrogen-bond acceptors (Lipinski definition) is 3. The molecule has 2 rings (SSSR count). The molecule has 19 heavy (non-hydrogen) atoms. The first-order valence-electron chi connectivity index (χ1n) is 6.56. The van der Waals surface area contributed by atoms with Gasteiger partial charge >= 0.3 is 0 Å². The molecule has 0 aliphatic carbocycles. The van der Waals surface area contributed by atoms with Crippen molar-refractivity contribution in [1.82, 2.24) is 4.90 Å². The monoisotopic (exact) mass is 282 g/mol. The third-order valence-electron chi connectivity index (χ3n) is 3.51. The van der Waals surface area contributed by atoms with Crippen molar-refractivity contribution >= 4 is 23.2 Å². The number of likely N-dealkylation sites (tertiary alicyclic amines) is 1. The third kappa shape index (κ3) is 3.61. The van der Waals surface area contributed by atoms with Crippen LogP contribution in [0, 0.1) is 5.92 Å². The second kappa shape index (κ2) is 6.26. The highest BCUT2D eigenvalue weighted by molar-refractivity contribution is 6.31. The Labute approximate surface area is 118 Å². The Balaban J connectivity index is 2.10. The highest BCUT2D eigenvalue weighted by Crippen LogP contribution is 2.23. The van der Waals surface area contributed by atoms with E-state index in [9.17, 15) is 4.79 Å². The molecule has 0 spiro atoms. The zero-order valence-electron chi connectivity index (χ0n) is 10.8. The Bertz CT molecular complexity index is 443. The van der Waals surface area contributed by atoms with Gasteiger partial charge in [0.2, 0.25) is 0 Å². The van der Waals surface area contributed by atoms with E-state index >= 15 is 0 Å². The number of halogens is 1. The van der Waals surface area contributed by atoms with E-state index in [1.54, 1.807) is 18.2 Å². The average molecular weight is 283 g/mol. The lowest BCUT2D eigenvalue weighted by atomic mass is 9.94. The smallest absolute Gasteiger partial charge is 0.253 e. The minimum Gasteiger partial charge on any atom is -0.399 e. The fourth-order valence-corrected chi connectivity index (χ4v) is 2.83. The number of nitrogens with two attached hydrogens (primary N) is 1. The lowest BCUT2D eigenvalue weighted by molar-refractivity contribution is 0.0653. The molecule has 1 aliphatic rings. The van der Waals surface area contributed by atoms with Gasteiger partial charge in [-0.05, 0) is 43.4 Å². The number of benzene rings is 1. The van der Waals surface area contributed by atoms with E-state index in [0.717, 1.165) is 25.8 Å². The maximum atomic E-state index is 12.4. The topological polar surface area (TPSA) is 66.6 Å². The summed E-state index contributed by atoms with van der Waals surface area (Å²) < 4.78 is 0. The Morgan fingerprint density at radius 2 is 2.26 bits per heavy atom. The fraction of sp³-hybridized carbons (Fsp3) is 0.500. The molecule has 5 heteroatoms. The van der Waals surface area contributed by atoms with Gasteiger partial charge in [-0.1, -0.05) is 11.6 Å². The van der Waals surface area contributed by atoms with E-state index in [0.29, 0.717) is 28.7 Å². The van der Waals surface area contributed by atoms with E-state index in [1.807, 2.05) is 4.90 Å². The molecule has 3 N–H and O–H groups in total. The number of amides is 1. The number of aliphatic hydroxyl groups is 1. The van der Waals surface area contributed by atoms with Crippen molar-refractivity contribution in [1.29, 1.82) is 0 Å². The molecular formula is C14H19ClN2O2. The SMILES string of the molecule is Nc1cc(Cl)cc(C(=O)N2CCCC(CCO)C2)c1. The predicted molar refractivity (Wildman–Crippen MR) is 76.2 cm³/mol. The second-order valence-electron chi connectivity index (χ2n) is 5.04. The first kappa shape index (κ1) is 14.2. The fourth-order valence-electron chi connectivity index (χ4n) is 2.59. The standard InChI is InChI=1S/C14H19ClN2O2/c15-12-6-11(7-13(16)8-12)14(19)17-4-1-2-10(9-17)3-5-18/h6-8,10,18H,1-5,9,16H2. The minimum atomic E-state index is -0.0307. The lowest BCUT2D eigenvalue weighted by Gasteiger charge is -2.32. The van der Waals surface area contributed by atoms with Crippen molar-refractivity contribution in [2.24, 2.45) is 5.92 Å². The van der Waals surface area contributed by atoms with Crippen LogP contribution in [-0.4, -0.2) is 35.6 Å². The van der Waals surface area contributed by atoms with Crippen LogP contribution in [0.25, 0.3) is 0 Å². The van der Waals surface area contributed by atoms with Crippen LogP contribution in [0.2, 0.25) is 5.02 Å². The Morgan fingerprint density at radius 3 is 2.95 bits per heavy atom. The summed E-state index contributed by atoms with van der Waals surface area (Å²) in [6.45, 7) is 1.63. The molecule has 4 nitrogen and oxygen atoms in total. The van der Waals surface area contributed by atoms with Crippen LogP contribution in [0.3, 0.4) is 0 Å². The van der Waals surface area contributed by atoms with Gasteiger partial charge in [-0.15, -0.1) is 0 Å². The normalized spacial score (nSPS) is 19.5. The number of rotatable bonds is 3. The number of carbonyl (C=O) groups excluding carboxylic acids is 1. The highest BCUT2D eigenvalue weighted by Gasteiger charge is 2.24. The van der Waals surface area contributed by atoms with E-state index in [-0.39, 0.29) is 12.5 Å². The van der Waals surface area contributed by atoms with Crippen molar-refractivity contribution in [2.75, 3.05) is 25.4 Å². The van der Waals surface area contributed by atoms with Gasteiger partial charge in [0.05, 0.1) is 0 Å². The number of hydrogen-bond donors (Lipinski definition) is 2. The van der Waals surface area contributed by atoms with E-state index < -0.39 is 0 Å². The largest absolute Gasteiger partial charge is 0.399 e. The number of nitrogen functional groups attached to an aromatic ring is 1. The predicted octanol–water partition coefficient (Wildman–Crippen LogP) is 2.16. The maximum Gasteiger partial charge on any atom is 0.253 e. The third-order valence-corrected chi connectivity index (χ3v) is 3.73. The molecular weight excluding hydrogens is 264 g/mol. The molecule has 1 aromatic carbocycles. The summed E-state index contributed by atoms with van der Waals surface area (Å²) in [5.74, 6) is 0.357. The van der Waals surface area contributed by atoms with Crippen LogP contribution in [0.5, 0.6) is 0 Å². The molecule has 0 aromatic heterocycles. The summed E-state index contributed by atoms with van der Waals surface area (Å²) in [5.41, 5.74) is 6.75. The van der Waals surface area contributed by atoms with Gasteiger partial charge < -0.3 is 15.7 Å². The number of nitrogens with zero attached hydrogens (tertiary/aromatic N) is 1. The van der Waals surface area contributed by atoms with E-state index in [4.69, 9.17) is 22.4 Å². The van der Waals surface area contributed by atoms with Gasteiger partial charge in [0.25, 0.3) is 5.91 Å². The van der Waals surface area contributed by atoms with Gasteiger partial charge in [0, 0.05) is 36.0 Å². The van der Waals surface area contributed by atoms with Crippen LogP contribution in [0.4, 0.5) is 5.69 Å². The van der Waals surface area contributed by atoms with Gasteiger partial charge in [-0.3, -0.25) is 4.79 Å². The summed E-state index contributed by atoms with van der Waals surface area (Å²) in [6, 6.07) is 4.93. The van der Waals surface area contributed by atoms with Crippen LogP contribution < -0.4 is 5.73 Å². The summed E-state index contributed by atoms with van der Waals surface area (Å²) in [6.07, 6.45) is 2.80. The molecule has 1 unspecified atom stereocenters. The van der Waals surface area contributed by atoms with Crippen molar-refractivity contribution in [3.05, 3.63) is 28.8 Å². The van der Waals surface area contributed by atoms with Gasteiger partial charge in [-0.25, -0.2) is 0 Å². The van der Waals surface area contributed by atoms with Crippen LogP contribution in [0.1, 0.15) is 29.6 Å². The number of aliphatic hydroxyl groups excluding tert-OH is 1. The molecule has 1 aromatic rings. The second-order valence-corrected chi connectivity index (χ2v) is 5.48. The van der Waals surface area contributed by atoms with Crippen LogP contribution >= 0.6 is 11.6 Å². The number of piperidine rings is 1. The molecule has 104 valence electrons. The van der Waals surface area contributed by atoms with E-state index in [2.05, 4.69) is 0 Å². The molecule has 0 radical (unpaired) electrons. The lowest BCUT2D eigenvalue weighted by Crippen LogP contribution is -2.40.